The number of fused-ring (bicyclic) bond motifs is 1. The van der Waals surface area contributed by atoms with E-state index in [2.05, 4.69) is 4.99 Å². The normalized spacial score (nSPS) is 12.3. The molecule has 0 N–H and O–H groups in total. The number of benzene rings is 2. The van der Waals surface area contributed by atoms with Crippen molar-refractivity contribution in [3.05, 3.63) is 58.9 Å². The summed E-state index contributed by atoms with van der Waals surface area (Å²) in [6.07, 6.45) is 2.84. The first-order chi connectivity index (χ1) is 14.3. The van der Waals surface area contributed by atoms with Gasteiger partial charge in [0.05, 0.1) is 22.2 Å². The zero-order valence-corrected chi connectivity index (χ0v) is 18.3. The summed E-state index contributed by atoms with van der Waals surface area (Å²) < 4.78 is 30.6. The van der Waals surface area contributed by atoms with Gasteiger partial charge in [-0.25, -0.2) is 8.42 Å². The number of aryl methyl sites for hydroxylation is 1. The van der Waals surface area contributed by atoms with E-state index >= 15 is 0 Å². The number of thiazole rings is 1. The summed E-state index contributed by atoms with van der Waals surface area (Å²) in [6, 6.07) is 14.5. The number of ether oxygens (including phenoxy) is 1. The highest BCUT2D eigenvalue weighted by Gasteiger charge is 2.15. The number of aromatic nitrogens is 1. The van der Waals surface area contributed by atoms with Gasteiger partial charge in [0.25, 0.3) is 0 Å². The predicted molar refractivity (Wildman–Crippen MR) is 115 cm³/mol. The Morgan fingerprint density at radius 2 is 1.87 bits per heavy atom. The van der Waals surface area contributed by atoms with Crippen molar-refractivity contribution in [3.63, 3.8) is 0 Å². The average molecular weight is 447 g/mol. The monoisotopic (exact) mass is 446 g/mol. The first kappa shape index (κ1) is 21.9. The molecule has 0 aliphatic heterocycles. The lowest BCUT2D eigenvalue weighted by Gasteiger charge is -2.04. The molecule has 1 amide bonds. The lowest BCUT2D eigenvalue weighted by atomic mass is 10.1. The van der Waals surface area contributed by atoms with E-state index in [0.29, 0.717) is 21.4 Å². The van der Waals surface area contributed by atoms with Gasteiger partial charge in [-0.1, -0.05) is 41.7 Å². The van der Waals surface area contributed by atoms with Gasteiger partial charge in [0.15, 0.2) is 14.6 Å². The van der Waals surface area contributed by atoms with E-state index < -0.39 is 15.8 Å². The Morgan fingerprint density at radius 1 is 1.13 bits per heavy atom. The lowest BCUT2D eigenvalue weighted by Crippen LogP contribution is -2.22. The third kappa shape index (κ3) is 5.43. The standard InChI is InChI=1S/C21H22N2O5S2/c1-28-20(25)14-23-17-12-11-16(30(2,26)27)13-18(17)29-21(23)22-19(24)10-6-9-15-7-4-3-5-8-15/h3-5,7-8,11-13H,6,9-10,14H2,1-2H3. The molecule has 0 saturated carbocycles. The molecule has 0 aliphatic carbocycles. The molecule has 0 atom stereocenters. The van der Waals surface area contributed by atoms with Gasteiger partial charge in [0.2, 0.25) is 5.91 Å². The molecular weight excluding hydrogens is 424 g/mol. The van der Waals surface area contributed by atoms with Crippen LogP contribution < -0.4 is 4.80 Å². The minimum atomic E-state index is -3.38. The first-order valence-corrected chi connectivity index (χ1v) is 12.0. The molecule has 0 spiro atoms. The highest BCUT2D eigenvalue weighted by atomic mass is 32.2. The van der Waals surface area contributed by atoms with Crippen molar-refractivity contribution in [1.82, 2.24) is 4.57 Å². The zero-order chi connectivity index (χ0) is 21.7. The molecule has 1 heterocycles. The van der Waals surface area contributed by atoms with E-state index in [1.807, 2.05) is 30.3 Å². The molecule has 0 bridgehead atoms. The quantitative estimate of drug-likeness (QED) is 0.520. The number of hydrogen-bond acceptors (Lipinski definition) is 6. The van der Waals surface area contributed by atoms with Crippen molar-refractivity contribution in [2.45, 2.75) is 30.7 Å². The van der Waals surface area contributed by atoms with Crippen LogP contribution in [-0.2, 0) is 37.1 Å². The van der Waals surface area contributed by atoms with E-state index in [0.717, 1.165) is 18.2 Å². The molecule has 9 heteroatoms. The average Bonchev–Trinajstić information content (AvgIpc) is 3.04. The molecule has 3 aromatic rings. The van der Waals surface area contributed by atoms with Gasteiger partial charge in [-0.15, -0.1) is 0 Å². The Balaban J connectivity index is 1.90. The fourth-order valence-electron chi connectivity index (χ4n) is 2.97. The molecule has 1 aromatic heterocycles. The summed E-state index contributed by atoms with van der Waals surface area (Å²) in [5, 5.41) is 0. The second-order valence-electron chi connectivity index (χ2n) is 6.79. The Kier molecular flexibility index (Phi) is 6.84. The summed E-state index contributed by atoms with van der Waals surface area (Å²) in [4.78, 5) is 29.0. The van der Waals surface area contributed by atoms with E-state index in [-0.39, 0.29) is 23.8 Å². The van der Waals surface area contributed by atoms with E-state index in [4.69, 9.17) is 4.74 Å². The van der Waals surface area contributed by atoms with Crippen LogP contribution in [0.2, 0.25) is 0 Å². The summed E-state index contributed by atoms with van der Waals surface area (Å²) in [6.45, 7) is -0.120. The fourth-order valence-corrected chi connectivity index (χ4v) is 4.77. The maximum atomic E-state index is 12.4. The van der Waals surface area contributed by atoms with E-state index in [9.17, 15) is 18.0 Å². The van der Waals surface area contributed by atoms with Crippen LogP contribution in [0.3, 0.4) is 0 Å². The lowest BCUT2D eigenvalue weighted by molar-refractivity contribution is -0.141. The minimum absolute atomic E-state index is 0.120. The molecule has 30 heavy (non-hydrogen) atoms. The first-order valence-electron chi connectivity index (χ1n) is 9.29. The predicted octanol–water partition coefficient (Wildman–Crippen LogP) is 2.73. The molecule has 158 valence electrons. The van der Waals surface area contributed by atoms with Crippen molar-refractivity contribution < 1.29 is 22.7 Å². The molecule has 2 aromatic carbocycles. The van der Waals surface area contributed by atoms with Crippen LogP contribution in [0.4, 0.5) is 0 Å². The summed E-state index contributed by atoms with van der Waals surface area (Å²) in [7, 11) is -2.10. The van der Waals surface area contributed by atoms with Crippen LogP contribution in [0.15, 0.2) is 58.4 Å². The highest BCUT2D eigenvalue weighted by Crippen LogP contribution is 2.22. The molecule has 0 unspecified atom stereocenters. The van der Waals surface area contributed by atoms with Gasteiger partial charge >= 0.3 is 5.97 Å². The van der Waals surface area contributed by atoms with Crippen LogP contribution in [-0.4, -0.2) is 38.2 Å². The van der Waals surface area contributed by atoms with Crippen LogP contribution in [0, 0.1) is 0 Å². The maximum Gasteiger partial charge on any atom is 0.325 e. The van der Waals surface area contributed by atoms with Crippen LogP contribution >= 0.6 is 11.3 Å². The van der Waals surface area contributed by atoms with Crippen molar-refractivity contribution in [1.29, 1.82) is 0 Å². The molecule has 0 aliphatic rings. The number of sulfone groups is 1. The second-order valence-corrected chi connectivity index (χ2v) is 9.82. The van der Waals surface area contributed by atoms with Gasteiger partial charge < -0.3 is 9.30 Å². The highest BCUT2D eigenvalue weighted by molar-refractivity contribution is 7.90. The van der Waals surface area contributed by atoms with E-state index in [1.54, 1.807) is 10.6 Å². The number of hydrogen-bond donors (Lipinski definition) is 0. The number of esters is 1. The van der Waals surface area contributed by atoms with Crippen molar-refractivity contribution in [2.24, 2.45) is 4.99 Å². The fraction of sp³-hybridized carbons (Fsp3) is 0.286. The maximum absolute atomic E-state index is 12.4. The molecule has 0 radical (unpaired) electrons. The van der Waals surface area contributed by atoms with Crippen molar-refractivity contribution >= 4 is 43.3 Å². The number of carbonyl (C=O) groups excluding carboxylic acids is 2. The Morgan fingerprint density at radius 3 is 2.53 bits per heavy atom. The number of nitrogens with zero attached hydrogens (tertiary/aromatic N) is 2. The van der Waals surface area contributed by atoms with Crippen molar-refractivity contribution in [2.75, 3.05) is 13.4 Å². The third-order valence-corrected chi connectivity index (χ3v) is 6.67. The molecular formula is C21H22N2O5S2. The Bertz CT molecular complexity index is 1240. The van der Waals surface area contributed by atoms with Crippen LogP contribution in [0.1, 0.15) is 18.4 Å². The van der Waals surface area contributed by atoms with Gasteiger partial charge in [-0.2, -0.15) is 4.99 Å². The molecule has 0 saturated heterocycles. The van der Waals surface area contributed by atoms with E-state index in [1.165, 1.54) is 30.6 Å². The smallest absolute Gasteiger partial charge is 0.325 e. The number of methoxy groups -OCH3 is 1. The zero-order valence-electron chi connectivity index (χ0n) is 16.7. The largest absolute Gasteiger partial charge is 0.468 e. The number of amides is 1. The van der Waals surface area contributed by atoms with Gasteiger partial charge in [0.1, 0.15) is 6.54 Å². The second kappa shape index (κ2) is 9.36. The SMILES string of the molecule is COC(=O)Cn1c(=NC(=O)CCCc2ccccc2)sc2cc(S(C)(=O)=O)ccc21. The van der Waals surface area contributed by atoms with Crippen LogP contribution in [0.25, 0.3) is 10.2 Å². The van der Waals surface area contributed by atoms with Gasteiger partial charge in [0, 0.05) is 12.7 Å². The Labute approximate surface area is 178 Å². The topological polar surface area (TPSA) is 94.8 Å². The molecule has 3 rings (SSSR count). The van der Waals surface area contributed by atoms with Crippen molar-refractivity contribution in [3.8, 4) is 0 Å². The summed E-state index contributed by atoms with van der Waals surface area (Å²) >= 11 is 1.17. The van der Waals surface area contributed by atoms with Gasteiger partial charge in [-0.05, 0) is 36.6 Å². The molecule has 0 fully saturated rings. The molecule has 7 nitrogen and oxygen atoms in total. The third-order valence-electron chi connectivity index (χ3n) is 4.52. The van der Waals surface area contributed by atoms with Gasteiger partial charge in [-0.3, -0.25) is 9.59 Å². The number of carbonyl (C=O) groups is 2. The minimum Gasteiger partial charge on any atom is -0.468 e. The number of rotatable bonds is 7. The Hall–Kier alpha value is -2.78. The summed E-state index contributed by atoms with van der Waals surface area (Å²) in [5.74, 6) is -0.778. The van der Waals surface area contributed by atoms with Crippen LogP contribution in [0.5, 0.6) is 0 Å². The summed E-state index contributed by atoms with van der Waals surface area (Å²) in [5.41, 5.74) is 1.77.